The van der Waals surface area contributed by atoms with Gasteiger partial charge in [0.25, 0.3) is 11.8 Å². The zero-order valence-electron chi connectivity index (χ0n) is 16.7. The lowest BCUT2D eigenvalue weighted by molar-refractivity contribution is -0.133. The van der Waals surface area contributed by atoms with E-state index >= 15 is 0 Å². The highest BCUT2D eigenvalue weighted by atomic mass is 16.5. The highest BCUT2D eigenvalue weighted by molar-refractivity contribution is 6.22. The van der Waals surface area contributed by atoms with Crippen molar-refractivity contribution in [2.45, 2.75) is 18.9 Å². The van der Waals surface area contributed by atoms with Crippen LogP contribution in [0.25, 0.3) is 10.8 Å². The summed E-state index contributed by atoms with van der Waals surface area (Å²) >= 11 is 0. The summed E-state index contributed by atoms with van der Waals surface area (Å²) in [4.78, 5) is 40.4. The van der Waals surface area contributed by atoms with Gasteiger partial charge in [-0.2, -0.15) is 5.10 Å². The summed E-state index contributed by atoms with van der Waals surface area (Å²) in [7, 11) is 0. The van der Waals surface area contributed by atoms with Crippen LogP contribution in [0.5, 0.6) is 5.88 Å². The standard InChI is InChI=1S/C23H20N4O4/c28-20(14-27-22(29)18-7-3-4-8-19(18)23(27)30)26-11-9-16(10-12-26)31-21-17-6-2-1-5-15(17)13-24-25-21/h1-8,13,16H,9-12,14H2. The molecule has 31 heavy (non-hydrogen) atoms. The minimum absolute atomic E-state index is 0.0801. The lowest BCUT2D eigenvalue weighted by Crippen LogP contribution is -2.47. The van der Waals surface area contributed by atoms with Crippen LogP contribution in [-0.2, 0) is 4.79 Å². The monoisotopic (exact) mass is 416 g/mol. The van der Waals surface area contributed by atoms with Crippen molar-refractivity contribution in [3.8, 4) is 5.88 Å². The van der Waals surface area contributed by atoms with Crippen LogP contribution in [0.3, 0.4) is 0 Å². The number of imide groups is 1. The molecule has 3 amide bonds. The highest BCUT2D eigenvalue weighted by Crippen LogP contribution is 2.26. The predicted molar refractivity (Wildman–Crippen MR) is 112 cm³/mol. The molecule has 0 N–H and O–H groups in total. The maximum Gasteiger partial charge on any atom is 0.262 e. The number of ether oxygens (including phenoxy) is 1. The molecule has 2 aliphatic heterocycles. The van der Waals surface area contributed by atoms with Gasteiger partial charge in [-0.25, -0.2) is 0 Å². The van der Waals surface area contributed by atoms with Crippen molar-refractivity contribution in [1.29, 1.82) is 0 Å². The number of hydrogen-bond acceptors (Lipinski definition) is 6. The molecule has 1 fully saturated rings. The number of rotatable bonds is 4. The van der Waals surface area contributed by atoms with E-state index < -0.39 is 11.8 Å². The summed E-state index contributed by atoms with van der Waals surface area (Å²) in [5.74, 6) is -0.574. The predicted octanol–water partition coefficient (Wildman–Crippen LogP) is 2.30. The Kier molecular flexibility index (Phi) is 4.82. The first-order valence-corrected chi connectivity index (χ1v) is 10.2. The largest absolute Gasteiger partial charge is 0.473 e. The summed E-state index contributed by atoms with van der Waals surface area (Å²) in [5, 5.41) is 9.99. The third-order valence-electron chi connectivity index (χ3n) is 5.78. The van der Waals surface area contributed by atoms with Gasteiger partial charge in [-0.15, -0.1) is 5.10 Å². The number of carbonyl (C=O) groups excluding carboxylic acids is 3. The molecular formula is C23H20N4O4. The number of benzene rings is 2. The van der Waals surface area contributed by atoms with E-state index in [9.17, 15) is 14.4 Å². The minimum atomic E-state index is -0.415. The van der Waals surface area contributed by atoms with Crippen LogP contribution in [0.1, 0.15) is 33.6 Å². The highest BCUT2D eigenvalue weighted by Gasteiger charge is 2.37. The Bertz CT molecular complexity index is 1150. The summed E-state index contributed by atoms with van der Waals surface area (Å²) < 4.78 is 6.08. The number of carbonyl (C=O) groups is 3. The number of piperidine rings is 1. The van der Waals surface area contributed by atoms with E-state index in [4.69, 9.17) is 4.74 Å². The van der Waals surface area contributed by atoms with Crippen molar-refractivity contribution in [2.75, 3.05) is 19.6 Å². The Morgan fingerprint density at radius 2 is 1.61 bits per heavy atom. The molecule has 3 aromatic rings. The van der Waals surface area contributed by atoms with Gasteiger partial charge in [0.1, 0.15) is 12.6 Å². The summed E-state index contributed by atoms with van der Waals surface area (Å²) in [6.45, 7) is 0.738. The molecule has 0 bridgehead atoms. The normalized spacial score (nSPS) is 16.6. The maximum atomic E-state index is 12.8. The van der Waals surface area contributed by atoms with Crippen LogP contribution < -0.4 is 4.74 Å². The lowest BCUT2D eigenvalue weighted by Gasteiger charge is -2.32. The second-order valence-corrected chi connectivity index (χ2v) is 7.68. The Morgan fingerprint density at radius 1 is 0.968 bits per heavy atom. The molecule has 0 saturated carbocycles. The molecule has 0 atom stereocenters. The van der Waals surface area contributed by atoms with Crippen molar-refractivity contribution in [1.82, 2.24) is 20.0 Å². The van der Waals surface area contributed by atoms with Gasteiger partial charge in [0.05, 0.1) is 17.3 Å². The fourth-order valence-electron chi connectivity index (χ4n) is 4.09. The first-order chi connectivity index (χ1) is 15.1. The zero-order chi connectivity index (χ0) is 21.4. The van der Waals surface area contributed by atoms with Gasteiger partial charge in [-0.3, -0.25) is 19.3 Å². The fourth-order valence-corrected chi connectivity index (χ4v) is 4.09. The van der Waals surface area contributed by atoms with Crippen LogP contribution in [0, 0.1) is 0 Å². The lowest BCUT2D eigenvalue weighted by atomic mass is 10.1. The quantitative estimate of drug-likeness (QED) is 0.606. The Hall–Kier alpha value is -3.81. The number of fused-ring (bicyclic) bond motifs is 2. The maximum absolute atomic E-state index is 12.8. The van der Waals surface area contributed by atoms with Gasteiger partial charge >= 0.3 is 0 Å². The first-order valence-electron chi connectivity index (χ1n) is 10.2. The summed E-state index contributed by atoms with van der Waals surface area (Å²) in [5.41, 5.74) is 0.701. The van der Waals surface area contributed by atoms with Gasteiger partial charge in [0.15, 0.2) is 0 Å². The molecule has 8 heteroatoms. The Labute approximate surface area is 178 Å². The average Bonchev–Trinajstić information content (AvgIpc) is 3.05. The number of hydrogen-bond donors (Lipinski definition) is 0. The van der Waals surface area contributed by atoms with Crippen LogP contribution in [0.4, 0.5) is 0 Å². The van der Waals surface area contributed by atoms with Crippen molar-refractivity contribution < 1.29 is 19.1 Å². The van der Waals surface area contributed by atoms with E-state index in [1.807, 2.05) is 24.3 Å². The fraction of sp³-hybridized carbons (Fsp3) is 0.261. The van der Waals surface area contributed by atoms with Crippen LogP contribution in [0.2, 0.25) is 0 Å². The van der Waals surface area contributed by atoms with Gasteiger partial charge < -0.3 is 9.64 Å². The van der Waals surface area contributed by atoms with Gasteiger partial charge in [0, 0.05) is 36.7 Å². The van der Waals surface area contributed by atoms with Crippen LogP contribution in [0.15, 0.2) is 54.7 Å². The zero-order valence-corrected chi connectivity index (χ0v) is 16.7. The van der Waals surface area contributed by atoms with Gasteiger partial charge in [0.2, 0.25) is 11.8 Å². The molecule has 0 radical (unpaired) electrons. The van der Waals surface area contributed by atoms with Gasteiger partial charge in [-0.05, 0) is 18.2 Å². The second-order valence-electron chi connectivity index (χ2n) is 7.68. The minimum Gasteiger partial charge on any atom is -0.473 e. The summed E-state index contributed by atoms with van der Waals surface area (Å²) in [6.07, 6.45) is 2.89. The van der Waals surface area contributed by atoms with Crippen molar-refractivity contribution in [2.24, 2.45) is 0 Å². The van der Waals surface area contributed by atoms with Crippen LogP contribution >= 0.6 is 0 Å². The second kappa shape index (κ2) is 7.79. The molecule has 0 aliphatic carbocycles. The van der Waals surface area contributed by atoms with E-state index in [1.54, 1.807) is 35.4 Å². The third kappa shape index (κ3) is 3.50. The smallest absolute Gasteiger partial charge is 0.262 e. The third-order valence-corrected chi connectivity index (χ3v) is 5.78. The number of aromatic nitrogens is 2. The topological polar surface area (TPSA) is 92.7 Å². The van der Waals surface area contributed by atoms with Gasteiger partial charge in [-0.1, -0.05) is 30.3 Å². The van der Waals surface area contributed by atoms with Crippen molar-refractivity contribution in [3.63, 3.8) is 0 Å². The molecule has 5 rings (SSSR count). The van der Waals surface area contributed by atoms with Crippen LogP contribution in [-0.4, -0.2) is 63.5 Å². The molecule has 1 saturated heterocycles. The molecule has 1 aromatic heterocycles. The molecule has 3 heterocycles. The summed E-state index contributed by atoms with van der Waals surface area (Å²) in [6, 6.07) is 14.4. The molecule has 2 aliphatic rings. The van der Waals surface area contributed by atoms with Crippen molar-refractivity contribution in [3.05, 3.63) is 65.9 Å². The number of amides is 3. The molecular weight excluding hydrogens is 396 g/mol. The Morgan fingerprint density at radius 3 is 2.32 bits per heavy atom. The molecule has 8 nitrogen and oxygen atoms in total. The number of nitrogens with zero attached hydrogens (tertiary/aromatic N) is 4. The van der Waals surface area contributed by atoms with E-state index in [0.29, 0.717) is 42.9 Å². The van der Waals surface area contributed by atoms with E-state index in [2.05, 4.69) is 10.2 Å². The van der Waals surface area contributed by atoms with E-state index in [-0.39, 0.29) is 18.6 Å². The molecule has 2 aromatic carbocycles. The Balaban J connectivity index is 1.20. The SMILES string of the molecule is O=C(CN1C(=O)c2ccccc2C1=O)N1CCC(Oc2nncc3ccccc23)CC1. The molecule has 0 spiro atoms. The number of likely N-dealkylation sites (tertiary alicyclic amines) is 1. The van der Waals surface area contributed by atoms with E-state index in [1.165, 1.54) is 0 Å². The van der Waals surface area contributed by atoms with E-state index in [0.717, 1.165) is 15.7 Å². The van der Waals surface area contributed by atoms with Crippen molar-refractivity contribution >= 4 is 28.5 Å². The average molecular weight is 416 g/mol. The first kappa shape index (κ1) is 19.2. The molecule has 0 unspecified atom stereocenters. The molecule has 156 valence electrons.